The van der Waals surface area contributed by atoms with Crippen LogP contribution in [0.3, 0.4) is 0 Å². The third kappa shape index (κ3) is 4.95. The van der Waals surface area contributed by atoms with Crippen molar-refractivity contribution in [1.82, 2.24) is 15.2 Å². The molecule has 4 rings (SSSR count). The molecule has 2 heterocycles. The highest BCUT2D eigenvalue weighted by molar-refractivity contribution is 7.18. The average Bonchev–Trinajstić information content (AvgIpc) is 3.15. The zero-order chi connectivity index (χ0) is 19.2. The molecule has 0 aliphatic carbocycles. The summed E-state index contributed by atoms with van der Waals surface area (Å²) in [6, 6.07) is 16.4. The van der Waals surface area contributed by atoms with E-state index in [1.807, 2.05) is 24.3 Å². The van der Waals surface area contributed by atoms with E-state index in [2.05, 4.69) is 39.5 Å². The van der Waals surface area contributed by atoms with Crippen LogP contribution in [0.5, 0.6) is 0 Å². The third-order valence-electron chi connectivity index (χ3n) is 5.00. The molecule has 28 heavy (non-hydrogen) atoms. The number of fused-ring (bicyclic) bond motifs is 1. The quantitative estimate of drug-likeness (QED) is 0.666. The largest absolute Gasteiger partial charge is 0.379 e. The lowest BCUT2D eigenvalue weighted by atomic mass is 10.1. The van der Waals surface area contributed by atoms with Crippen LogP contribution >= 0.6 is 11.3 Å². The Bertz CT molecular complexity index is 901. The second-order valence-electron chi connectivity index (χ2n) is 7.01. The van der Waals surface area contributed by atoms with Crippen molar-refractivity contribution in [2.75, 3.05) is 26.3 Å². The van der Waals surface area contributed by atoms with E-state index >= 15 is 0 Å². The number of hydrogen-bond acceptors (Lipinski definition) is 5. The van der Waals surface area contributed by atoms with Gasteiger partial charge < -0.3 is 10.1 Å². The minimum Gasteiger partial charge on any atom is -0.379 e. The Labute approximate surface area is 169 Å². The maximum atomic E-state index is 12.3. The first-order valence-corrected chi connectivity index (χ1v) is 10.6. The molecule has 1 saturated heterocycles. The second kappa shape index (κ2) is 9.28. The first-order chi connectivity index (χ1) is 13.8. The Morgan fingerprint density at radius 3 is 2.64 bits per heavy atom. The first kappa shape index (κ1) is 19.1. The average molecular weight is 396 g/mol. The van der Waals surface area contributed by atoms with E-state index in [9.17, 15) is 4.79 Å². The van der Waals surface area contributed by atoms with Gasteiger partial charge in [0.05, 0.1) is 28.4 Å². The Morgan fingerprint density at radius 1 is 1.07 bits per heavy atom. The van der Waals surface area contributed by atoms with E-state index in [-0.39, 0.29) is 5.91 Å². The van der Waals surface area contributed by atoms with E-state index in [1.54, 1.807) is 11.3 Å². The van der Waals surface area contributed by atoms with E-state index in [0.29, 0.717) is 19.4 Å². The molecule has 0 saturated carbocycles. The SMILES string of the molecule is O=C(CCc1nc2ccccc2s1)NCc1ccccc1CN1CCOCC1. The first-order valence-electron chi connectivity index (χ1n) is 9.76. The minimum atomic E-state index is 0.0698. The van der Waals surface area contributed by atoms with Crippen molar-refractivity contribution in [3.8, 4) is 0 Å². The maximum Gasteiger partial charge on any atom is 0.220 e. The highest BCUT2D eigenvalue weighted by atomic mass is 32.1. The van der Waals surface area contributed by atoms with Gasteiger partial charge in [0.15, 0.2) is 0 Å². The minimum absolute atomic E-state index is 0.0698. The molecule has 1 fully saturated rings. The van der Waals surface area contributed by atoms with Crippen molar-refractivity contribution in [3.63, 3.8) is 0 Å². The molecular formula is C22H25N3O2S. The summed E-state index contributed by atoms with van der Waals surface area (Å²) in [5.41, 5.74) is 3.47. The molecule has 146 valence electrons. The molecule has 0 unspecified atom stereocenters. The molecule has 0 atom stereocenters. The monoisotopic (exact) mass is 395 g/mol. The number of benzene rings is 2. The number of nitrogens with zero attached hydrogens (tertiary/aromatic N) is 2. The second-order valence-corrected chi connectivity index (χ2v) is 8.12. The van der Waals surface area contributed by atoms with Crippen molar-refractivity contribution in [2.45, 2.75) is 25.9 Å². The fourth-order valence-corrected chi connectivity index (χ4v) is 4.38. The number of para-hydroxylation sites is 1. The Morgan fingerprint density at radius 2 is 1.82 bits per heavy atom. The van der Waals surface area contributed by atoms with Crippen molar-refractivity contribution in [2.24, 2.45) is 0 Å². The van der Waals surface area contributed by atoms with E-state index in [1.165, 1.54) is 15.8 Å². The van der Waals surface area contributed by atoms with Crippen molar-refractivity contribution in [1.29, 1.82) is 0 Å². The number of rotatable bonds is 7. The Hall–Kier alpha value is -2.28. The topological polar surface area (TPSA) is 54.5 Å². The number of hydrogen-bond donors (Lipinski definition) is 1. The lowest BCUT2D eigenvalue weighted by Crippen LogP contribution is -2.36. The summed E-state index contributed by atoms with van der Waals surface area (Å²) in [5.74, 6) is 0.0698. The predicted octanol–water partition coefficient (Wildman–Crippen LogP) is 3.38. The van der Waals surface area contributed by atoms with Gasteiger partial charge in [-0.15, -0.1) is 11.3 Å². The van der Waals surface area contributed by atoms with Gasteiger partial charge in [0, 0.05) is 39.0 Å². The van der Waals surface area contributed by atoms with Gasteiger partial charge in [0.1, 0.15) is 0 Å². The lowest BCUT2D eigenvalue weighted by Gasteiger charge is -2.27. The van der Waals surface area contributed by atoms with Gasteiger partial charge >= 0.3 is 0 Å². The molecule has 0 spiro atoms. The van der Waals surface area contributed by atoms with Crippen LogP contribution in [-0.2, 0) is 29.0 Å². The summed E-state index contributed by atoms with van der Waals surface area (Å²) in [6.45, 7) is 4.99. The van der Waals surface area contributed by atoms with Crippen LogP contribution in [0.25, 0.3) is 10.2 Å². The number of thiazole rings is 1. The normalized spacial score (nSPS) is 15.0. The highest BCUT2D eigenvalue weighted by Gasteiger charge is 2.13. The van der Waals surface area contributed by atoms with Crippen molar-refractivity contribution in [3.05, 3.63) is 64.7 Å². The summed E-state index contributed by atoms with van der Waals surface area (Å²) >= 11 is 1.67. The predicted molar refractivity (Wildman–Crippen MR) is 112 cm³/mol. The molecule has 1 N–H and O–H groups in total. The molecule has 2 aromatic carbocycles. The van der Waals surface area contributed by atoms with Crippen LogP contribution in [0.2, 0.25) is 0 Å². The molecule has 5 nitrogen and oxygen atoms in total. The number of ether oxygens (including phenoxy) is 1. The lowest BCUT2D eigenvalue weighted by molar-refractivity contribution is -0.121. The van der Waals surface area contributed by atoms with Gasteiger partial charge in [0.25, 0.3) is 0 Å². The van der Waals surface area contributed by atoms with Crippen LogP contribution in [0.15, 0.2) is 48.5 Å². The molecule has 1 aliphatic heterocycles. The molecule has 3 aromatic rings. The van der Waals surface area contributed by atoms with Crippen LogP contribution in [0.4, 0.5) is 0 Å². The Balaban J connectivity index is 1.29. The zero-order valence-electron chi connectivity index (χ0n) is 15.9. The van der Waals surface area contributed by atoms with Gasteiger partial charge in [0.2, 0.25) is 5.91 Å². The summed E-state index contributed by atoms with van der Waals surface area (Å²) in [6.07, 6.45) is 1.14. The van der Waals surface area contributed by atoms with Crippen molar-refractivity contribution < 1.29 is 9.53 Å². The van der Waals surface area contributed by atoms with Crippen LogP contribution < -0.4 is 5.32 Å². The van der Waals surface area contributed by atoms with Crippen molar-refractivity contribution >= 4 is 27.5 Å². The van der Waals surface area contributed by atoms with E-state index in [0.717, 1.165) is 43.4 Å². The Kier molecular flexibility index (Phi) is 6.31. The highest BCUT2D eigenvalue weighted by Crippen LogP contribution is 2.22. The van der Waals surface area contributed by atoms with Gasteiger partial charge in [-0.25, -0.2) is 4.98 Å². The number of carbonyl (C=O) groups is 1. The summed E-state index contributed by atoms with van der Waals surface area (Å²) in [5, 5.41) is 4.09. The fourth-order valence-electron chi connectivity index (χ4n) is 3.41. The molecular weight excluding hydrogens is 370 g/mol. The number of carbonyl (C=O) groups excluding carboxylic acids is 1. The number of aromatic nitrogens is 1. The standard InChI is InChI=1S/C22H25N3O2S/c26-21(9-10-22-24-19-7-3-4-8-20(19)28-22)23-15-17-5-1-2-6-18(17)16-25-11-13-27-14-12-25/h1-8H,9-16H2,(H,23,26). The molecule has 1 aromatic heterocycles. The van der Waals surface area contributed by atoms with E-state index in [4.69, 9.17) is 4.74 Å². The van der Waals surface area contributed by atoms with Gasteiger partial charge in [-0.1, -0.05) is 36.4 Å². The molecule has 6 heteroatoms. The fraction of sp³-hybridized carbons (Fsp3) is 0.364. The summed E-state index contributed by atoms with van der Waals surface area (Å²) in [7, 11) is 0. The van der Waals surface area contributed by atoms with E-state index < -0.39 is 0 Å². The van der Waals surface area contributed by atoms with Crippen LogP contribution in [0.1, 0.15) is 22.6 Å². The van der Waals surface area contributed by atoms with Gasteiger partial charge in [-0.3, -0.25) is 9.69 Å². The third-order valence-corrected chi connectivity index (χ3v) is 6.09. The maximum absolute atomic E-state index is 12.3. The molecule has 1 amide bonds. The number of morpholine rings is 1. The van der Waals surface area contributed by atoms with Gasteiger partial charge in [-0.05, 0) is 23.3 Å². The zero-order valence-corrected chi connectivity index (χ0v) is 16.7. The number of nitrogens with one attached hydrogen (secondary N) is 1. The molecule has 0 radical (unpaired) electrons. The molecule has 1 aliphatic rings. The number of aryl methyl sites for hydroxylation is 1. The smallest absolute Gasteiger partial charge is 0.220 e. The number of amides is 1. The summed E-state index contributed by atoms with van der Waals surface area (Å²) < 4.78 is 6.60. The van der Waals surface area contributed by atoms with Crippen LogP contribution in [-0.4, -0.2) is 42.1 Å². The molecule has 0 bridgehead atoms. The van der Waals surface area contributed by atoms with Crippen LogP contribution in [0, 0.1) is 0 Å². The summed E-state index contributed by atoms with van der Waals surface area (Å²) in [4.78, 5) is 19.3. The van der Waals surface area contributed by atoms with Gasteiger partial charge in [-0.2, -0.15) is 0 Å².